The Morgan fingerprint density at radius 1 is 1.00 bits per heavy atom. The van der Waals surface area contributed by atoms with Crippen molar-refractivity contribution in [3.05, 3.63) is 59.7 Å². The molecule has 2 aromatic rings. The van der Waals surface area contributed by atoms with Crippen LogP contribution in [0.25, 0.3) is 0 Å². The van der Waals surface area contributed by atoms with Crippen molar-refractivity contribution >= 4 is 16.0 Å². The second-order valence-electron chi connectivity index (χ2n) is 4.00. The monoisotopic (exact) mass is 313 g/mol. The van der Waals surface area contributed by atoms with Gasteiger partial charge in [-0.05, 0) is 36.4 Å². The van der Waals surface area contributed by atoms with E-state index in [1.165, 1.54) is 12.1 Å². The van der Waals surface area contributed by atoms with Gasteiger partial charge >= 0.3 is 10.1 Å². The molecule has 21 heavy (non-hydrogen) atoms. The van der Waals surface area contributed by atoms with Gasteiger partial charge in [0.25, 0.3) is 0 Å². The predicted octanol–water partition coefficient (Wildman–Crippen LogP) is 1.83. The van der Waals surface area contributed by atoms with Gasteiger partial charge in [0.15, 0.2) is 11.6 Å². The molecule has 1 amide bonds. The van der Waals surface area contributed by atoms with E-state index in [-0.39, 0.29) is 16.2 Å². The van der Waals surface area contributed by atoms with Crippen molar-refractivity contribution in [1.82, 2.24) is 0 Å². The average Bonchev–Trinajstić information content (AvgIpc) is 2.43. The lowest BCUT2D eigenvalue weighted by molar-refractivity contribution is 0.1000. The van der Waals surface area contributed by atoms with Gasteiger partial charge in [0.2, 0.25) is 5.91 Å². The summed E-state index contributed by atoms with van der Waals surface area (Å²) in [5, 5.41) is 0. The van der Waals surface area contributed by atoms with E-state index in [0.717, 1.165) is 24.3 Å². The lowest BCUT2D eigenvalue weighted by Crippen LogP contribution is -2.13. The number of nitrogens with two attached hydrogens (primary N) is 1. The summed E-state index contributed by atoms with van der Waals surface area (Å²) in [5.41, 5.74) is 5.16. The van der Waals surface area contributed by atoms with Gasteiger partial charge < -0.3 is 9.92 Å². The highest BCUT2D eigenvalue weighted by Gasteiger charge is 2.18. The molecule has 0 aliphatic heterocycles. The standard InChI is InChI=1S/C13H9F2NO4S/c14-11-6-3-9(7-12(11)15)20-21(18,19)10-4-1-8(2-5-10)13(16)17/h1-7H,(H2,16,17). The summed E-state index contributed by atoms with van der Waals surface area (Å²) in [7, 11) is -4.23. The minimum Gasteiger partial charge on any atom is -0.379 e. The van der Waals surface area contributed by atoms with E-state index in [9.17, 15) is 22.0 Å². The molecule has 0 aromatic heterocycles. The molecule has 110 valence electrons. The van der Waals surface area contributed by atoms with Crippen LogP contribution in [0.3, 0.4) is 0 Å². The summed E-state index contributed by atoms with van der Waals surface area (Å²) in [6.45, 7) is 0. The molecule has 2 rings (SSSR count). The Morgan fingerprint density at radius 3 is 2.14 bits per heavy atom. The van der Waals surface area contributed by atoms with Crippen molar-refractivity contribution in [2.24, 2.45) is 5.73 Å². The first-order chi connectivity index (χ1) is 9.79. The Kier molecular flexibility index (Phi) is 3.90. The van der Waals surface area contributed by atoms with E-state index in [0.29, 0.717) is 6.07 Å². The largest absolute Gasteiger partial charge is 0.379 e. The number of rotatable bonds is 4. The molecule has 5 nitrogen and oxygen atoms in total. The Labute approximate surface area is 119 Å². The molecule has 0 saturated carbocycles. The number of carbonyl (C=O) groups excluding carboxylic acids is 1. The molecule has 0 aliphatic rings. The SMILES string of the molecule is NC(=O)c1ccc(S(=O)(=O)Oc2ccc(F)c(F)c2)cc1. The lowest BCUT2D eigenvalue weighted by atomic mass is 10.2. The fourth-order valence-corrected chi connectivity index (χ4v) is 2.41. The van der Waals surface area contributed by atoms with E-state index in [2.05, 4.69) is 4.18 Å². The summed E-state index contributed by atoms with van der Waals surface area (Å²) in [4.78, 5) is 10.6. The smallest absolute Gasteiger partial charge is 0.339 e. The lowest BCUT2D eigenvalue weighted by Gasteiger charge is -2.07. The van der Waals surface area contributed by atoms with Gasteiger partial charge in [-0.1, -0.05) is 0 Å². The Hall–Kier alpha value is -2.48. The normalized spacial score (nSPS) is 11.1. The maximum atomic E-state index is 13.0. The molecule has 2 N–H and O–H groups in total. The van der Waals surface area contributed by atoms with Gasteiger partial charge in [-0.3, -0.25) is 4.79 Å². The van der Waals surface area contributed by atoms with Gasteiger partial charge in [0.1, 0.15) is 10.6 Å². The van der Waals surface area contributed by atoms with Crippen molar-refractivity contribution in [3.8, 4) is 5.75 Å². The fourth-order valence-electron chi connectivity index (χ4n) is 1.49. The van der Waals surface area contributed by atoms with E-state index >= 15 is 0 Å². The number of benzene rings is 2. The van der Waals surface area contributed by atoms with Crippen LogP contribution >= 0.6 is 0 Å². The highest BCUT2D eigenvalue weighted by molar-refractivity contribution is 7.87. The number of hydrogen-bond donors (Lipinski definition) is 1. The molecule has 0 saturated heterocycles. The quantitative estimate of drug-likeness (QED) is 0.873. The zero-order valence-electron chi connectivity index (χ0n) is 10.4. The molecular weight excluding hydrogens is 304 g/mol. The summed E-state index contributed by atoms with van der Waals surface area (Å²) < 4.78 is 54.3. The van der Waals surface area contributed by atoms with Crippen LogP contribution in [-0.2, 0) is 10.1 Å². The third kappa shape index (κ3) is 3.34. The zero-order valence-corrected chi connectivity index (χ0v) is 11.2. The maximum Gasteiger partial charge on any atom is 0.339 e. The van der Waals surface area contributed by atoms with Gasteiger partial charge in [-0.15, -0.1) is 0 Å². The van der Waals surface area contributed by atoms with E-state index in [1.54, 1.807) is 0 Å². The highest BCUT2D eigenvalue weighted by Crippen LogP contribution is 2.21. The number of carbonyl (C=O) groups is 1. The van der Waals surface area contributed by atoms with Gasteiger partial charge in [0.05, 0.1) is 0 Å². The van der Waals surface area contributed by atoms with Crippen LogP contribution in [0.15, 0.2) is 47.4 Å². The summed E-state index contributed by atoms with van der Waals surface area (Å²) >= 11 is 0. The number of amides is 1. The summed E-state index contributed by atoms with van der Waals surface area (Å²) in [5.74, 6) is -3.43. The second kappa shape index (κ2) is 5.49. The molecule has 0 heterocycles. The van der Waals surface area contributed by atoms with Crippen molar-refractivity contribution < 1.29 is 26.2 Å². The number of primary amides is 1. The second-order valence-corrected chi connectivity index (χ2v) is 5.55. The number of halogens is 2. The van der Waals surface area contributed by atoms with Crippen LogP contribution in [0.2, 0.25) is 0 Å². The minimum absolute atomic E-state index is 0.127. The predicted molar refractivity (Wildman–Crippen MR) is 69.1 cm³/mol. The Bertz CT molecular complexity index is 788. The molecule has 0 spiro atoms. The molecule has 0 fully saturated rings. The van der Waals surface area contributed by atoms with Crippen molar-refractivity contribution in [3.63, 3.8) is 0 Å². The van der Waals surface area contributed by atoms with Crippen LogP contribution in [0, 0.1) is 11.6 Å². The molecular formula is C13H9F2NO4S. The summed E-state index contributed by atoms with van der Waals surface area (Å²) in [6.07, 6.45) is 0. The molecule has 8 heteroatoms. The molecule has 0 radical (unpaired) electrons. The Morgan fingerprint density at radius 2 is 1.62 bits per heavy atom. The van der Waals surface area contributed by atoms with Gasteiger partial charge in [-0.2, -0.15) is 8.42 Å². The molecule has 0 aliphatic carbocycles. The van der Waals surface area contributed by atoms with E-state index in [1.807, 2.05) is 0 Å². The molecule has 0 bridgehead atoms. The molecule has 2 aromatic carbocycles. The topological polar surface area (TPSA) is 86.5 Å². The summed E-state index contributed by atoms with van der Waals surface area (Å²) in [6, 6.07) is 7.01. The average molecular weight is 313 g/mol. The van der Waals surface area contributed by atoms with Crippen LogP contribution in [0.4, 0.5) is 8.78 Å². The highest BCUT2D eigenvalue weighted by atomic mass is 32.2. The first kappa shape index (κ1) is 14.9. The van der Waals surface area contributed by atoms with Crippen molar-refractivity contribution in [2.75, 3.05) is 0 Å². The van der Waals surface area contributed by atoms with Gasteiger partial charge in [-0.25, -0.2) is 8.78 Å². The van der Waals surface area contributed by atoms with E-state index in [4.69, 9.17) is 5.73 Å². The van der Waals surface area contributed by atoms with E-state index < -0.39 is 27.7 Å². The molecule has 0 unspecified atom stereocenters. The number of hydrogen-bond acceptors (Lipinski definition) is 4. The third-order valence-electron chi connectivity index (χ3n) is 2.52. The van der Waals surface area contributed by atoms with Crippen LogP contribution in [0.1, 0.15) is 10.4 Å². The maximum absolute atomic E-state index is 13.0. The van der Waals surface area contributed by atoms with Crippen LogP contribution < -0.4 is 9.92 Å². The molecule has 0 atom stereocenters. The van der Waals surface area contributed by atoms with Crippen LogP contribution in [0.5, 0.6) is 5.75 Å². The Balaban J connectivity index is 2.29. The third-order valence-corrected chi connectivity index (χ3v) is 3.79. The van der Waals surface area contributed by atoms with Crippen molar-refractivity contribution in [1.29, 1.82) is 0 Å². The first-order valence-electron chi connectivity index (χ1n) is 5.59. The first-order valence-corrected chi connectivity index (χ1v) is 7.00. The minimum atomic E-state index is -4.23. The van der Waals surface area contributed by atoms with Crippen LogP contribution in [-0.4, -0.2) is 14.3 Å². The zero-order chi connectivity index (χ0) is 15.6. The van der Waals surface area contributed by atoms with Crippen molar-refractivity contribution in [2.45, 2.75) is 4.90 Å². The van der Waals surface area contributed by atoms with Gasteiger partial charge in [0, 0.05) is 11.6 Å². The fraction of sp³-hybridized carbons (Fsp3) is 0.